The molecular weight excluding hydrogens is 294 g/mol. The summed E-state index contributed by atoms with van der Waals surface area (Å²) in [6.07, 6.45) is 3.67. The minimum absolute atomic E-state index is 0. The zero-order valence-electron chi connectivity index (χ0n) is 12.2. The smallest absolute Gasteiger partial charge is 0.139 e. The highest BCUT2D eigenvalue weighted by Crippen LogP contribution is 2.34. The van der Waals surface area contributed by atoms with Gasteiger partial charge in [0.25, 0.3) is 0 Å². The van der Waals surface area contributed by atoms with Crippen LogP contribution in [0.15, 0.2) is 23.4 Å². The van der Waals surface area contributed by atoms with Crippen molar-refractivity contribution in [2.24, 2.45) is 0 Å². The van der Waals surface area contributed by atoms with Gasteiger partial charge in [0.1, 0.15) is 17.9 Å². The van der Waals surface area contributed by atoms with Crippen molar-refractivity contribution in [2.75, 3.05) is 31.4 Å². The molecule has 6 heteroatoms. The number of benzene rings is 1. The van der Waals surface area contributed by atoms with E-state index < -0.39 is 0 Å². The van der Waals surface area contributed by atoms with Crippen molar-refractivity contribution >= 4 is 40.9 Å². The third-order valence-electron chi connectivity index (χ3n) is 3.18. The van der Waals surface area contributed by atoms with Crippen molar-refractivity contribution in [3.63, 3.8) is 0 Å². The maximum atomic E-state index is 5.40. The predicted octanol–water partition coefficient (Wildman–Crippen LogP) is 3.63. The average Bonchev–Trinajstić information content (AvgIpc) is 2.47. The zero-order valence-corrected chi connectivity index (χ0v) is 13.8. The lowest BCUT2D eigenvalue weighted by Crippen LogP contribution is -2.23. The molecule has 1 aromatic carbocycles. The Balaban J connectivity index is 0.00000200. The van der Waals surface area contributed by atoms with Crippen LogP contribution in [0.5, 0.6) is 5.75 Å². The highest BCUT2D eigenvalue weighted by Gasteiger charge is 2.12. The molecule has 110 valence electrons. The molecule has 0 radical (unpaired) electrons. The molecule has 0 aliphatic heterocycles. The molecule has 0 N–H and O–H groups in total. The number of ether oxygens (including phenoxy) is 1. The fourth-order valence-electron chi connectivity index (χ4n) is 2.14. The summed E-state index contributed by atoms with van der Waals surface area (Å²) in [4.78, 5) is 12.1. The molecule has 2 aromatic rings. The van der Waals surface area contributed by atoms with Crippen LogP contribution in [-0.4, -0.2) is 36.4 Å². The van der Waals surface area contributed by atoms with Gasteiger partial charge in [0.2, 0.25) is 0 Å². The lowest BCUT2D eigenvalue weighted by molar-refractivity contribution is 0.405. The van der Waals surface area contributed by atoms with Crippen LogP contribution >= 0.6 is 24.2 Å². The van der Waals surface area contributed by atoms with E-state index in [1.165, 1.54) is 0 Å². The van der Waals surface area contributed by atoms with E-state index in [-0.39, 0.29) is 12.4 Å². The monoisotopic (exact) mass is 313 g/mol. The maximum absolute atomic E-state index is 5.40. The van der Waals surface area contributed by atoms with Gasteiger partial charge in [-0.2, -0.15) is 0 Å². The van der Waals surface area contributed by atoms with Crippen molar-refractivity contribution in [3.05, 3.63) is 18.5 Å². The first-order valence-electron chi connectivity index (χ1n) is 6.36. The largest absolute Gasteiger partial charge is 0.496 e. The molecule has 0 atom stereocenters. The predicted molar refractivity (Wildman–Crippen MR) is 88.7 cm³/mol. The molecule has 0 unspecified atom stereocenters. The van der Waals surface area contributed by atoms with E-state index in [9.17, 15) is 0 Å². The summed E-state index contributed by atoms with van der Waals surface area (Å²) in [5.74, 6) is 1.86. The normalized spacial score (nSPS) is 10.2. The second kappa shape index (κ2) is 7.55. The Morgan fingerprint density at radius 2 is 1.90 bits per heavy atom. The number of thioether (sulfide) groups is 1. The average molecular weight is 314 g/mol. The van der Waals surface area contributed by atoms with Gasteiger partial charge < -0.3 is 9.64 Å². The first-order chi connectivity index (χ1) is 9.24. The Bertz CT molecular complexity index is 576. The summed E-state index contributed by atoms with van der Waals surface area (Å²) in [6.45, 7) is 6.14. The lowest BCUT2D eigenvalue weighted by Gasteiger charge is -2.21. The van der Waals surface area contributed by atoms with Crippen LogP contribution in [0.1, 0.15) is 13.8 Å². The van der Waals surface area contributed by atoms with Gasteiger partial charge >= 0.3 is 0 Å². The number of fused-ring (bicyclic) bond motifs is 1. The molecule has 0 saturated heterocycles. The van der Waals surface area contributed by atoms with Gasteiger partial charge in [-0.1, -0.05) is 0 Å². The van der Waals surface area contributed by atoms with Crippen LogP contribution in [0.4, 0.5) is 5.82 Å². The highest BCUT2D eigenvalue weighted by atomic mass is 35.5. The number of hydrogen-bond donors (Lipinski definition) is 0. The number of halogens is 1. The summed E-state index contributed by atoms with van der Waals surface area (Å²) in [5, 5.41) is 1.08. The van der Waals surface area contributed by atoms with Crippen LogP contribution in [0.3, 0.4) is 0 Å². The summed E-state index contributed by atoms with van der Waals surface area (Å²) < 4.78 is 5.40. The zero-order chi connectivity index (χ0) is 13.8. The van der Waals surface area contributed by atoms with Gasteiger partial charge in [0.15, 0.2) is 0 Å². The molecule has 4 nitrogen and oxygen atoms in total. The Morgan fingerprint density at radius 3 is 2.45 bits per heavy atom. The summed E-state index contributed by atoms with van der Waals surface area (Å²) in [5.41, 5.74) is 0.923. The van der Waals surface area contributed by atoms with Crippen molar-refractivity contribution in [1.82, 2.24) is 9.97 Å². The topological polar surface area (TPSA) is 38.2 Å². The second-order valence-electron chi connectivity index (χ2n) is 4.09. The molecule has 2 rings (SSSR count). The third-order valence-corrected chi connectivity index (χ3v) is 3.94. The fourth-order valence-corrected chi connectivity index (χ4v) is 2.72. The second-order valence-corrected chi connectivity index (χ2v) is 4.94. The Morgan fingerprint density at radius 1 is 1.20 bits per heavy atom. The van der Waals surface area contributed by atoms with Crippen LogP contribution in [0.2, 0.25) is 0 Å². The number of anilines is 1. The van der Waals surface area contributed by atoms with E-state index in [4.69, 9.17) is 4.74 Å². The Hall–Kier alpha value is -1.20. The SMILES string of the molecule is CCN(CC)c1ncnc2cc(OC)c(SC)cc12.Cl. The lowest BCUT2D eigenvalue weighted by atomic mass is 10.2. The standard InChI is InChI=1S/C14H19N3OS.ClH/c1-5-17(6-2)14-10-7-13(19-4)12(18-3)8-11(10)15-9-16-14;/h7-9H,5-6H2,1-4H3;1H. The van der Waals surface area contributed by atoms with Gasteiger partial charge in [0, 0.05) is 29.4 Å². The Labute approximate surface area is 130 Å². The van der Waals surface area contributed by atoms with Gasteiger partial charge in [-0.25, -0.2) is 9.97 Å². The van der Waals surface area contributed by atoms with Crippen molar-refractivity contribution in [1.29, 1.82) is 0 Å². The van der Waals surface area contributed by atoms with Crippen LogP contribution in [-0.2, 0) is 0 Å². The number of hydrogen-bond acceptors (Lipinski definition) is 5. The molecule has 0 fully saturated rings. The Kier molecular flexibility index (Phi) is 6.36. The van der Waals surface area contributed by atoms with Gasteiger partial charge in [-0.15, -0.1) is 24.2 Å². The van der Waals surface area contributed by atoms with E-state index in [0.717, 1.165) is 40.5 Å². The number of rotatable bonds is 5. The van der Waals surface area contributed by atoms with Crippen molar-refractivity contribution < 1.29 is 4.74 Å². The molecule has 20 heavy (non-hydrogen) atoms. The quantitative estimate of drug-likeness (QED) is 0.788. The molecular formula is C14H20ClN3OS. The molecule has 0 saturated carbocycles. The van der Waals surface area contributed by atoms with E-state index in [1.54, 1.807) is 25.2 Å². The first kappa shape index (κ1) is 16.9. The molecule has 1 aromatic heterocycles. The van der Waals surface area contributed by atoms with Crippen LogP contribution in [0.25, 0.3) is 10.9 Å². The summed E-state index contributed by atoms with van der Waals surface area (Å²) >= 11 is 1.67. The van der Waals surface area contributed by atoms with Crippen LogP contribution in [0, 0.1) is 0 Å². The molecule has 0 aliphatic carbocycles. The number of methoxy groups -OCH3 is 1. The van der Waals surface area contributed by atoms with Crippen molar-refractivity contribution in [2.45, 2.75) is 18.7 Å². The minimum atomic E-state index is 0. The van der Waals surface area contributed by atoms with E-state index in [2.05, 4.69) is 34.8 Å². The van der Waals surface area contributed by atoms with E-state index in [1.807, 2.05) is 12.3 Å². The molecule has 0 aliphatic rings. The first-order valence-corrected chi connectivity index (χ1v) is 7.59. The summed E-state index contributed by atoms with van der Waals surface area (Å²) in [6, 6.07) is 4.10. The summed E-state index contributed by atoms with van der Waals surface area (Å²) in [7, 11) is 1.69. The number of nitrogens with zero attached hydrogens (tertiary/aromatic N) is 3. The third kappa shape index (κ3) is 3.10. The van der Waals surface area contributed by atoms with Gasteiger partial charge in [0.05, 0.1) is 12.6 Å². The molecule has 0 amide bonds. The van der Waals surface area contributed by atoms with E-state index >= 15 is 0 Å². The van der Waals surface area contributed by atoms with Gasteiger partial charge in [-0.05, 0) is 26.2 Å². The van der Waals surface area contributed by atoms with E-state index in [0.29, 0.717) is 0 Å². The van der Waals surface area contributed by atoms with Crippen molar-refractivity contribution in [3.8, 4) is 5.75 Å². The highest BCUT2D eigenvalue weighted by molar-refractivity contribution is 7.98. The maximum Gasteiger partial charge on any atom is 0.139 e. The van der Waals surface area contributed by atoms with Gasteiger partial charge in [-0.3, -0.25) is 0 Å². The van der Waals surface area contributed by atoms with Crippen LogP contribution < -0.4 is 9.64 Å². The fraction of sp³-hybridized carbons (Fsp3) is 0.429. The molecule has 0 spiro atoms. The molecule has 1 heterocycles. The minimum Gasteiger partial charge on any atom is -0.496 e. The molecule has 0 bridgehead atoms. The number of aromatic nitrogens is 2.